The summed E-state index contributed by atoms with van der Waals surface area (Å²) in [4.78, 5) is 25.1. The number of hydrogen-bond acceptors (Lipinski definition) is 5. The number of aliphatic imine (C=N–C) groups is 2. The number of nitrogens with zero attached hydrogens (tertiary/aromatic N) is 3. The number of anilines is 1. The van der Waals surface area contributed by atoms with Crippen LogP contribution in [-0.2, 0) is 4.79 Å². The fourth-order valence-electron chi connectivity index (χ4n) is 3.88. The molecule has 1 amide bonds. The molecular weight excluding hydrogens is 392 g/mol. The molecule has 156 valence electrons. The van der Waals surface area contributed by atoms with Crippen LogP contribution in [0.2, 0.25) is 0 Å². The minimum atomic E-state index is -0.380. The Morgan fingerprint density at radius 2 is 1.67 bits per heavy atom. The van der Waals surface area contributed by atoms with E-state index in [2.05, 4.69) is 36.2 Å². The lowest BCUT2D eigenvalue weighted by Crippen LogP contribution is -2.44. The van der Waals surface area contributed by atoms with E-state index >= 15 is 0 Å². The van der Waals surface area contributed by atoms with Crippen LogP contribution in [0.15, 0.2) is 70.6 Å². The van der Waals surface area contributed by atoms with Crippen molar-refractivity contribution in [3.05, 3.63) is 66.2 Å². The molecule has 0 saturated carbocycles. The number of amides is 1. The number of rotatable bonds is 5. The average Bonchev–Trinajstić information content (AvgIpc) is 3.12. The van der Waals surface area contributed by atoms with Crippen molar-refractivity contribution in [3.8, 4) is 0 Å². The van der Waals surface area contributed by atoms with E-state index in [4.69, 9.17) is 9.98 Å². The Hall–Kier alpha value is -2.44. The van der Waals surface area contributed by atoms with Gasteiger partial charge in [-0.1, -0.05) is 60.3 Å². The van der Waals surface area contributed by atoms with Crippen LogP contribution in [0, 0.1) is 0 Å². The van der Waals surface area contributed by atoms with E-state index in [0.29, 0.717) is 11.8 Å². The van der Waals surface area contributed by atoms with Crippen molar-refractivity contribution in [1.29, 1.82) is 0 Å². The molecule has 2 aliphatic rings. The molecule has 1 N–H and O–H groups in total. The number of thioether (sulfide) groups is 1. The Morgan fingerprint density at radius 3 is 2.30 bits per heavy atom. The van der Waals surface area contributed by atoms with E-state index < -0.39 is 0 Å². The van der Waals surface area contributed by atoms with Crippen LogP contribution >= 0.6 is 11.8 Å². The minimum absolute atomic E-state index is 0.0307. The Kier molecular flexibility index (Phi) is 6.35. The molecule has 1 fully saturated rings. The lowest BCUT2D eigenvalue weighted by atomic mass is 9.97. The molecule has 1 saturated heterocycles. The van der Waals surface area contributed by atoms with E-state index in [1.54, 1.807) is 0 Å². The highest BCUT2D eigenvalue weighted by molar-refractivity contribution is 8.16. The predicted molar refractivity (Wildman–Crippen MR) is 127 cm³/mol. The van der Waals surface area contributed by atoms with E-state index in [0.717, 1.165) is 47.9 Å². The van der Waals surface area contributed by atoms with Gasteiger partial charge in [0.15, 0.2) is 5.66 Å². The topological polar surface area (TPSA) is 57.1 Å². The van der Waals surface area contributed by atoms with Crippen LogP contribution in [-0.4, -0.2) is 52.1 Å². The van der Waals surface area contributed by atoms with Gasteiger partial charge in [0, 0.05) is 43.2 Å². The number of piperidine rings is 1. The maximum absolute atomic E-state index is 12.5. The number of carbonyl (C=O) groups excluding carboxylic acids is 1. The Balaban J connectivity index is 1.49. The molecule has 2 aromatic carbocycles. The third-order valence-electron chi connectivity index (χ3n) is 5.61. The van der Waals surface area contributed by atoms with Crippen LogP contribution in [0.1, 0.15) is 32.3 Å². The molecule has 6 heteroatoms. The first kappa shape index (κ1) is 20.8. The van der Waals surface area contributed by atoms with Crippen LogP contribution < -0.4 is 5.32 Å². The Labute approximate surface area is 182 Å². The van der Waals surface area contributed by atoms with Crippen molar-refractivity contribution in [1.82, 2.24) is 4.90 Å². The number of para-hydroxylation sites is 1. The van der Waals surface area contributed by atoms with Gasteiger partial charge >= 0.3 is 0 Å². The van der Waals surface area contributed by atoms with Gasteiger partial charge in [-0.3, -0.25) is 9.79 Å². The van der Waals surface area contributed by atoms with Crippen molar-refractivity contribution in [2.75, 3.05) is 24.2 Å². The number of hydrogen-bond donors (Lipinski definition) is 1. The highest BCUT2D eigenvalue weighted by Crippen LogP contribution is 2.36. The first-order valence-corrected chi connectivity index (χ1v) is 11.5. The number of nitrogens with one attached hydrogen (secondary N) is 1. The second-order valence-electron chi connectivity index (χ2n) is 8.06. The van der Waals surface area contributed by atoms with Gasteiger partial charge in [0.05, 0.1) is 11.5 Å². The molecule has 2 aliphatic heterocycles. The molecule has 30 heavy (non-hydrogen) atoms. The molecule has 4 rings (SSSR count). The summed E-state index contributed by atoms with van der Waals surface area (Å²) in [6, 6.07) is 20.3. The molecule has 5 nitrogen and oxygen atoms in total. The maximum Gasteiger partial charge on any atom is 0.234 e. The summed E-state index contributed by atoms with van der Waals surface area (Å²) in [6.07, 6.45) is 1.84. The smallest absolute Gasteiger partial charge is 0.234 e. The monoisotopic (exact) mass is 420 g/mol. The highest BCUT2D eigenvalue weighted by Gasteiger charge is 2.40. The molecule has 2 aromatic rings. The van der Waals surface area contributed by atoms with Crippen molar-refractivity contribution in [2.24, 2.45) is 9.98 Å². The van der Waals surface area contributed by atoms with Crippen molar-refractivity contribution in [3.63, 3.8) is 0 Å². The molecule has 2 heterocycles. The molecular formula is C24H28N4OS. The van der Waals surface area contributed by atoms with Gasteiger partial charge in [-0.05, 0) is 26.0 Å². The van der Waals surface area contributed by atoms with Gasteiger partial charge in [-0.15, -0.1) is 0 Å². The van der Waals surface area contributed by atoms with E-state index in [1.807, 2.05) is 48.5 Å². The molecule has 0 atom stereocenters. The zero-order valence-electron chi connectivity index (χ0n) is 17.5. The molecule has 0 aromatic heterocycles. The zero-order chi connectivity index (χ0) is 21.0. The van der Waals surface area contributed by atoms with E-state index in [9.17, 15) is 4.79 Å². The van der Waals surface area contributed by atoms with Crippen LogP contribution in [0.5, 0.6) is 0 Å². The first-order valence-electron chi connectivity index (χ1n) is 10.5. The van der Waals surface area contributed by atoms with Crippen molar-refractivity contribution < 1.29 is 4.79 Å². The van der Waals surface area contributed by atoms with Gasteiger partial charge in [0.1, 0.15) is 5.04 Å². The number of likely N-dealkylation sites (tertiary alicyclic amines) is 1. The highest BCUT2D eigenvalue weighted by atomic mass is 32.2. The third-order valence-corrected chi connectivity index (χ3v) is 6.57. The third kappa shape index (κ3) is 4.82. The normalized spacial score (nSPS) is 18.4. The standard InChI is InChI=1S/C24H28N4OS/c1-18(2)28-15-13-24(14-16-28)26-22(19-9-5-3-6-10-19)23(27-24)30-17-21(29)25-20-11-7-4-8-12-20/h3-12,18H,13-17H2,1-2H3,(H,25,29). The summed E-state index contributed by atoms with van der Waals surface area (Å²) >= 11 is 1.48. The summed E-state index contributed by atoms with van der Waals surface area (Å²) in [6.45, 7) is 6.47. The van der Waals surface area contributed by atoms with E-state index in [-0.39, 0.29) is 11.6 Å². The fourth-order valence-corrected chi connectivity index (χ4v) is 4.76. The Morgan fingerprint density at radius 1 is 1.03 bits per heavy atom. The summed E-state index contributed by atoms with van der Waals surface area (Å²) in [5.41, 5.74) is 2.42. The molecule has 0 bridgehead atoms. The average molecular weight is 421 g/mol. The molecule has 1 spiro atoms. The van der Waals surface area contributed by atoms with Crippen LogP contribution in [0.3, 0.4) is 0 Å². The van der Waals surface area contributed by atoms with Gasteiger partial charge in [0.25, 0.3) is 0 Å². The second-order valence-corrected chi connectivity index (χ2v) is 9.02. The molecule has 0 radical (unpaired) electrons. The van der Waals surface area contributed by atoms with Gasteiger partial charge in [-0.25, -0.2) is 4.99 Å². The fraction of sp³-hybridized carbons (Fsp3) is 0.375. The van der Waals surface area contributed by atoms with Crippen molar-refractivity contribution in [2.45, 2.75) is 38.4 Å². The predicted octanol–water partition coefficient (Wildman–Crippen LogP) is 4.46. The Bertz CT molecular complexity index is 932. The zero-order valence-corrected chi connectivity index (χ0v) is 18.4. The van der Waals surface area contributed by atoms with Crippen LogP contribution in [0.25, 0.3) is 0 Å². The largest absolute Gasteiger partial charge is 0.325 e. The lowest BCUT2D eigenvalue weighted by molar-refractivity contribution is -0.113. The first-order chi connectivity index (χ1) is 14.5. The minimum Gasteiger partial charge on any atom is -0.325 e. The summed E-state index contributed by atoms with van der Waals surface area (Å²) < 4.78 is 0. The van der Waals surface area contributed by atoms with Crippen LogP contribution in [0.4, 0.5) is 5.69 Å². The molecule has 0 aliphatic carbocycles. The maximum atomic E-state index is 12.5. The SMILES string of the molecule is CC(C)N1CCC2(CC1)N=C(SCC(=O)Nc1ccccc1)C(c1ccccc1)=N2. The summed E-state index contributed by atoms with van der Waals surface area (Å²) in [5.74, 6) is 0.283. The summed E-state index contributed by atoms with van der Waals surface area (Å²) in [7, 11) is 0. The molecule has 0 unspecified atom stereocenters. The van der Waals surface area contributed by atoms with Gasteiger partial charge in [0.2, 0.25) is 5.91 Å². The number of benzene rings is 2. The number of carbonyl (C=O) groups is 1. The second kappa shape index (κ2) is 9.14. The summed E-state index contributed by atoms with van der Waals surface area (Å²) in [5, 5.41) is 3.83. The van der Waals surface area contributed by atoms with E-state index in [1.165, 1.54) is 11.8 Å². The van der Waals surface area contributed by atoms with Gasteiger partial charge in [-0.2, -0.15) is 0 Å². The van der Waals surface area contributed by atoms with Gasteiger partial charge < -0.3 is 10.2 Å². The lowest BCUT2D eigenvalue weighted by Gasteiger charge is -2.37. The van der Waals surface area contributed by atoms with Crippen molar-refractivity contribution >= 4 is 34.1 Å². The quantitative estimate of drug-likeness (QED) is 0.777.